The quantitative estimate of drug-likeness (QED) is 0.0291. The molecule has 0 spiro atoms. The number of unbranched alkanes of at least 4 members (excludes halogenated alkanes) is 21. The minimum atomic E-state index is -1.59. The predicted molar refractivity (Wildman–Crippen MR) is 201 cm³/mol. The van der Waals surface area contributed by atoms with E-state index in [2.05, 4.69) is 26.0 Å². The van der Waals surface area contributed by atoms with Gasteiger partial charge in [-0.15, -0.1) is 0 Å². The zero-order valence-electron chi connectivity index (χ0n) is 32.4. The van der Waals surface area contributed by atoms with Gasteiger partial charge in [0.25, 0.3) is 0 Å². The molecule has 6 atom stereocenters. The summed E-state index contributed by atoms with van der Waals surface area (Å²) >= 11 is 0. The van der Waals surface area contributed by atoms with Crippen molar-refractivity contribution >= 4 is 11.9 Å². The second kappa shape index (κ2) is 33.0. The topological polar surface area (TPSA) is 152 Å². The van der Waals surface area contributed by atoms with Gasteiger partial charge in [0.05, 0.1) is 13.2 Å². The highest BCUT2D eigenvalue weighted by Gasteiger charge is 2.44. The van der Waals surface area contributed by atoms with Gasteiger partial charge in [-0.05, 0) is 38.5 Å². The monoisotopic (exact) mass is 729 g/mol. The number of rotatable bonds is 34. The fourth-order valence-electron chi connectivity index (χ4n) is 6.30. The Kier molecular flexibility index (Phi) is 30.7. The summed E-state index contributed by atoms with van der Waals surface area (Å²) in [5.41, 5.74) is 0. The molecular formula is C41H76O10. The zero-order valence-corrected chi connectivity index (χ0v) is 32.4. The number of aliphatic hydroxyl groups excluding tert-OH is 4. The molecule has 1 fully saturated rings. The van der Waals surface area contributed by atoms with Gasteiger partial charge in [0.15, 0.2) is 12.4 Å². The summed E-state index contributed by atoms with van der Waals surface area (Å²) in [6.07, 6.45) is 25.1. The van der Waals surface area contributed by atoms with Crippen LogP contribution < -0.4 is 0 Å². The van der Waals surface area contributed by atoms with Gasteiger partial charge in [0.1, 0.15) is 31.0 Å². The van der Waals surface area contributed by atoms with E-state index in [0.717, 1.165) is 38.5 Å². The number of esters is 2. The van der Waals surface area contributed by atoms with Crippen LogP contribution in [0.2, 0.25) is 0 Å². The van der Waals surface area contributed by atoms with E-state index >= 15 is 0 Å². The summed E-state index contributed by atoms with van der Waals surface area (Å²) in [4.78, 5) is 25.2. The molecule has 300 valence electrons. The first-order valence-electron chi connectivity index (χ1n) is 20.8. The first-order valence-corrected chi connectivity index (χ1v) is 20.8. The van der Waals surface area contributed by atoms with E-state index in [1.807, 2.05) is 0 Å². The van der Waals surface area contributed by atoms with E-state index in [0.29, 0.717) is 12.8 Å². The number of carbonyl (C=O) groups excluding carboxylic acids is 2. The van der Waals surface area contributed by atoms with Crippen LogP contribution >= 0.6 is 0 Å². The predicted octanol–water partition coefficient (Wildman–Crippen LogP) is 8.00. The molecule has 2 unspecified atom stereocenters. The Labute approximate surface area is 310 Å². The number of carbonyl (C=O) groups is 2. The van der Waals surface area contributed by atoms with Gasteiger partial charge in [0.2, 0.25) is 0 Å². The second-order valence-corrected chi connectivity index (χ2v) is 14.4. The van der Waals surface area contributed by atoms with E-state index in [1.165, 1.54) is 103 Å². The normalized spacial score (nSPS) is 21.3. The van der Waals surface area contributed by atoms with Crippen molar-refractivity contribution in [2.75, 3.05) is 19.8 Å². The van der Waals surface area contributed by atoms with E-state index in [9.17, 15) is 30.0 Å². The van der Waals surface area contributed by atoms with Crippen molar-refractivity contribution in [3.63, 3.8) is 0 Å². The van der Waals surface area contributed by atoms with Crippen molar-refractivity contribution < 1.29 is 49.0 Å². The third-order valence-electron chi connectivity index (χ3n) is 9.65. The summed E-state index contributed by atoms with van der Waals surface area (Å²) in [7, 11) is 0. The molecule has 0 radical (unpaired) electrons. The minimum absolute atomic E-state index is 0.223. The van der Waals surface area contributed by atoms with Crippen molar-refractivity contribution in [3.05, 3.63) is 12.2 Å². The zero-order chi connectivity index (χ0) is 37.4. The van der Waals surface area contributed by atoms with E-state index in [-0.39, 0.29) is 26.1 Å². The van der Waals surface area contributed by atoms with Crippen molar-refractivity contribution in [2.24, 2.45) is 0 Å². The lowest BCUT2D eigenvalue weighted by molar-refractivity contribution is -0.305. The van der Waals surface area contributed by atoms with Crippen LogP contribution in [0.1, 0.15) is 181 Å². The molecular weight excluding hydrogens is 652 g/mol. The van der Waals surface area contributed by atoms with Crippen molar-refractivity contribution in [1.82, 2.24) is 0 Å². The van der Waals surface area contributed by atoms with Crippen LogP contribution in [-0.2, 0) is 28.5 Å². The molecule has 1 rings (SSSR count). The standard InChI is InChI=1S/C41H76O10/c1-3-5-7-9-11-13-15-16-17-18-20-21-23-25-27-29-36(43)48-32-34(33-49-41-40(47)39(46)38(45)35(31-42)51-41)50-37(44)30-28-26-24-22-19-14-12-10-8-6-4-2/h20-21,34-35,38-42,45-47H,3-19,22-33H2,1-2H3/b21-20+/t34-,35-,38+,39?,40?,41-/m0/s1. The van der Waals surface area contributed by atoms with Crippen LogP contribution in [0.25, 0.3) is 0 Å². The van der Waals surface area contributed by atoms with Crippen LogP contribution in [-0.4, -0.2) is 89.0 Å². The van der Waals surface area contributed by atoms with Crippen molar-refractivity contribution in [3.8, 4) is 0 Å². The highest BCUT2D eigenvalue weighted by Crippen LogP contribution is 2.22. The number of ether oxygens (including phenoxy) is 4. The van der Waals surface area contributed by atoms with Gasteiger partial charge in [0, 0.05) is 12.8 Å². The summed E-state index contributed by atoms with van der Waals surface area (Å²) in [5, 5.41) is 39.9. The maximum Gasteiger partial charge on any atom is 0.306 e. The lowest BCUT2D eigenvalue weighted by Gasteiger charge is -2.39. The summed E-state index contributed by atoms with van der Waals surface area (Å²) in [5.74, 6) is -0.827. The fourth-order valence-corrected chi connectivity index (χ4v) is 6.30. The molecule has 0 aromatic heterocycles. The lowest BCUT2D eigenvalue weighted by Crippen LogP contribution is -2.59. The SMILES string of the molecule is CCCCCCCCCCC/C=C/CCCCC(=O)OC[C@@H](CO[C@H]1O[C@@H](CO)[C@@H](O)C(O)C1O)OC(=O)CCCCCCCCCCCCC. The molecule has 0 aliphatic carbocycles. The van der Waals surface area contributed by atoms with Gasteiger partial charge < -0.3 is 39.4 Å². The second-order valence-electron chi connectivity index (χ2n) is 14.4. The summed E-state index contributed by atoms with van der Waals surface area (Å²) < 4.78 is 22.1. The lowest BCUT2D eigenvalue weighted by atomic mass is 9.99. The largest absolute Gasteiger partial charge is 0.462 e. The molecule has 10 nitrogen and oxygen atoms in total. The van der Waals surface area contributed by atoms with Crippen molar-refractivity contribution in [2.45, 2.75) is 218 Å². The third kappa shape index (κ3) is 25.2. The molecule has 0 aromatic rings. The summed E-state index contributed by atoms with van der Waals surface area (Å²) in [6.45, 7) is 3.39. The Hall–Kier alpha value is -1.56. The number of hydrogen-bond donors (Lipinski definition) is 4. The average Bonchev–Trinajstić information content (AvgIpc) is 3.13. The Morgan fingerprint density at radius 3 is 1.57 bits per heavy atom. The van der Waals surface area contributed by atoms with Gasteiger partial charge >= 0.3 is 11.9 Å². The molecule has 1 saturated heterocycles. The molecule has 0 saturated carbocycles. The molecule has 0 aromatic carbocycles. The number of aliphatic hydroxyl groups is 4. The molecule has 1 heterocycles. The van der Waals surface area contributed by atoms with Gasteiger partial charge in [-0.25, -0.2) is 0 Å². The van der Waals surface area contributed by atoms with Crippen molar-refractivity contribution in [1.29, 1.82) is 0 Å². The molecule has 0 amide bonds. The fraction of sp³-hybridized carbons (Fsp3) is 0.902. The van der Waals surface area contributed by atoms with E-state index in [4.69, 9.17) is 18.9 Å². The Morgan fingerprint density at radius 2 is 1.04 bits per heavy atom. The van der Waals surface area contributed by atoms with Crippen LogP contribution in [0.4, 0.5) is 0 Å². The minimum Gasteiger partial charge on any atom is -0.462 e. The molecule has 1 aliphatic heterocycles. The highest BCUT2D eigenvalue weighted by molar-refractivity contribution is 5.70. The Morgan fingerprint density at radius 1 is 0.588 bits per heavy atom. The molecule has 51 heavy (non-hydrogen) atoms. The maximum absolute atomic E-state index is 12.7. The van der Waals surface area contributed by atoms with Crippen LogP contribution in [0.15, 0.2) is 12.2 Å². The molecule has 4 N–H and O–H groups in total. The molecule has 10 heteroatoms. The van der Waals surface area contributed by atoms with Crippen LogP contribution in [0.5, 0.6) is 0 Å². The first kappa shape index (κ1) is 47.5. The maximum atomic E-state index is 12.7. The van der Waals surface area contributed by atoms with E-state index in [1.54, 1.807) is 0 Å². The van der Waals surface area contributed by atoms with Gasteiger partial charge in [-0.3, -0.25) is 9.59 Å². The Bertz CT molecular complexity index is 850. The smallest absolute Gasteiger partial charge is 0.306 e. The summed E-state index contributed by atoms with van der Waals surface area (Å²) in [6, 6.07) is 0. The first-order chi connectivity index (χ1) is 24.8. The third-order valence-corrected chi connectivity index (χ3v) is 9.65. The number of allylic oxidation sites excluding steroid dienone is 2. The number of hydrogen-bond acceptors (Lipinski definition) is 10. The highest BCUT2D eigenvalue weighted by atomic mass is 16.7. The molecule has 1 aliphatic rings. The Balaban J connectivity index is 2.37. The van der Waals surface area contributed by atoms with Crippen LogP contribution in [0.3, 0.4) is 0 Å². The molecule has 0 bridgehead atoms. The van der Waals surface area contributed by atoms with Crippen LogP contribution in [0, 0.1) is 0 Å². The van der Waals surface area contributed by atoms with Gasteiger partial charge in [-0.1, -0.05) is 142 Å². The van der Waals surface area contributed by atoms with Gasteiger partial charge in [-0.2, -0.15) is 0 Å². The average molecular weight is 729 g/mol. The van der Waals surface area contributed by atoms with E-state index < -0.39 is 55.4 Å².